The number of amides is 1. The molecule has 8 nitrogen and oxygen atoms in total. The number of hydrogen-bond acceptors (Lipinski definition) is 5. The Hall–Kier alpha value is -2.49. The Morgan fingerprint density at radius 2 is 1.94 bits per heavy atom. The molecule has 0 bridgehead atoms. The van der Waals surface area contributed by atoms with E-state index in [1.807, 2.05) is 29.8 Å². The van der Waals surface area contributed by atoms with Crippen LogP contribution in [0.2, 0.25) is 5.02 Å². The van der Waals surface area contributed by atoms with E-state index in [1.54, 1.807) is 24.3 Å². The fourth-order valence-corrected chi connectivity index (χ4v) is 5.75. The maximum Gasteiger partial charge on any atom is 0.243 e. The van der Waals surface area contributed by atoms with Crippen molar-refractivity contribution in [2.75, 3.05) is 13.1 Å². The zero-order valence-corrected chi connectivity index (χ0v) is 20.3. The quantitative estimate of drug-likeness (QED) is 0.544. The fourth-order valence-electron chi connectivity index (χ4n) is 4.06. The van der Waals surface area contributed by atoms with Gasteiger partial charge in [-0.1, -0.05) is 41.9 Å². The first-order chi connectivity index (χ1) is 15.8. The van der Waals surface area contributed by atoms with Gasteiger partial charge in [0.05, 0.1) is 16.5 Å². The van der Waals surface area contributed by atoms with E-state index in [9.17, 15) is 13.2 Å². The van der Waals surface area contributed by atoms with Crippen molar-refractivity contribution in [2.24, 2.45) is 5.92 Å². The summed E-state index contributed by atoms with van der Waals surface area (Å²) in [7, 11) is -3.67. The molecule has 1 saturated heterocycles. The lowest BCUT2D eigenvalue weighted by molar-refractivity contribution is -0.126. The highest BCUT2D eigenvalue weighted by Gasteiger charge is 2.32. The number of rotatable bonds is 7. The molecule has 1 unspecified atom stereocenters. The topological polar surface area (TPSA) is 97.2 Å². The Balaban J connectivity index is 1.39. The van der Waals surface area contributed by atoms with Crippen LogP contribution in [0.5, 0.6) is 0 Å². The summed E-state index contributed by atoms with van der Waals surface area (Å²) in [6.45, 7) is 5.06. The number of carbonyl (C=O) groups is 1. The maximum absolute atomic E-state index is 13.2. The van der Waals surface area contributed by atoms with Crippen LogP contribution in [0.4, 0.5) is 0 Å². The molecule has 1 amide bonds. The minimum absolute atomic E-state index is 0.0740. The van der Waals surface area contributed by atoms with Crippen LogP contribution in [-0.2, 0) is 21.4 Å². The van der Waals surface area contributed by atoms with Crippen molar-refractivity contribution in [1.29, 1.82) is 0 Å². The van der Waals surface area contributed by atoms with Crippen molar-refractivity contribution < 1.29 is 13.2 Å². The molecule has 3 aromatic rings. The van der Waals surface area contributed by atoms with E-state index in [2.05, 4.69) is 22.6 Å². The third kappa shape index (κ3) is 4.90. The molecule has 1 aliphatic rings. The number of hydrogen-bond donors (Lipinski definition) is 1. The van der Waals surface area contributed by atoms with Gasteiger partial charge >= 0.3 is 0 Å². The summed E-state index contributed by atoms with van der Waals surface area (Å²) in [6.07, 6.45) is 1.85. The van der Waals surface area contributed by atoms with E-state index in [0.717, 1.165) is 17.5 Å². The number of benzene rings is 2. The van der Waals surface area contributed by atoms with Gasteiger partial charge in [-0.05, 0) is 56.0 Å². The average molecular weight is 490 g/mol. The van der Waals surface area contributed by atoms with Gasteiger partial charge in [0, 0.05) is 30.6 Å². The number of sulfonamides is 1. The molecule has 33 heavy (non-hydrogen) atoms. The smallest absolute Gasteiger partial charge is 0.243 e. The van der Waals surface area contributed by atoms with Crippen molar-refractivity contribution in [1.82, 2.24) is 24.6 Å². The van der Waals surface area contributed by atoms with Crippen LogP contribution in [0.25, 0.3) is 11.0 Å². The number of fused-ring (bicyclic) bond motifs is 1. The molecule has 4 rings (SSSR count). The van der Waals surface area contributed by atoms with Crippen molar-refractivity contribution in [3.63, 3.8) is 0 Å². The van der Waals surface area contributed by atoms with Gasteiger partial charge < -0.3 is 5.32 Å². The van der Waals surface area contributed by atoms with Crippen molar-refractivity contribution in [2.45, 2.75) is 50.6 Å². The molecule has 2 heterocycles. The molecule has 10 heteroatoms. The van der Waals surface area contributed by atoms with Gasteiger partial charge in [-0.2, -0.15) is 4.31 Å². The van der Waals surface area contributed by atoms with Gasteiger partial charge in [-0.25, -0.2) is 13.1 Å². The molecule has 0 radical (unpaired) electrons. The first-order valence-corrected chi connectivity index (χ1v) is 13.0. The van der Waals surface area contributed by atoms with E-state index in [-0.39, 0.29) is 22.8 Å². The SMILES string of the molecule is CCC(C)n1nnc2cc(S(=O)(=O)N3CCC(C(=O)NCc4ccccc4Cl)CC3)ccc21. The average Bonchev–Trinajstić information content (AvgIpc) is 3.26. The van der Waals surface area contributed by atoms with Crippen LogP contribution in [0.3, 0.4) is 0 Å². The molecule has 0 saturated carbocycles. The Bertz CT molecular complexity index is 1250. The monoisotopic (exact) mass is 489 g/mol. The lowest BCUT2D eigenvalue weighted by atomic mass is 9.97. The second-order valence-electron chi connectivity index (χ2n) is 8.43. The molecule has 0 spiro atoms. The van der Waals surface area contributed by atoms with Gasteiger partial charge in [0.15, 0.2) is 0 Å². The molecule has 1 aliphatic heterocycles. The normalized spacial score (nSPS) is 16.7. The standard InChI is InChI=1S/C23H28ClN5O3S/c1-3-16(2)29-22-9-8-19(14-21(22)26-27-29)33(31,32)28-12-10-17(11-13-28)23(30)25-15-18-6-4-5-7-20(18)24/h4-9,14,16-17H,3,10-13,15H2,1-2H3,(H,25,30). The molecule has 0 aliphatic carbocycles. The highest BCUT2D eigenvalue weighted by atomic mass is 35.5. The summed E-state index contributed by atoms with van der Waals surface area (Å²) in [5.74, 6) is -0.299. The number of nitrogens with zero attached hydrogens (tertiary/aromatic N) is 4. The molecule has 1 aromatic heterocycles. The third-order valence-corrected chi connectivity index (χ3v) is 8.59. The second kappa shape index (κ2) is 9.79. The Kier molecular flexibility index (Phi) is 7.02. The predicted octanol–water partition coefficient (Wildman–Crippen LogP) is 3.77. The largest absolute Gasteiger partial charge is 0.352 e. The zero-order chi connectivity index (χ0) is 23.6. The Labute approximate surface area is 199 Å². The van der Waals surface area contributed by atoms with Gasteiger partial charge in [0.2, 0.25) is 15.9 Å². The van der Waals surface area contributed by atoms with Crippen LogP contribution in [0, 0.1) is 5.92 Å². The summed E-state index contributed by atoms with van der Waals surface area (Å²) < 4.78 is 29.7. The number of halogens is 1. The number of nitrogens with one attached hydrogen (secondary N) is 1. The molecular formula is C23H28ClN5O3S. The lowest BCUT2D eigenvalue weighted by Crippen LogP contribution is -2.42. The van der Waals surface area contributed by atoms with Crippen LogP contribution in [-0.4, -0.2) is 46.7 Å². The minimum atomic E-state index is -3.67. The lowest BCUT2D eigenvalue weighted by Gasteiger charge is -2.30. The first kappa shape index (κ1) is 23.7. The molecule has 1 fully saturated rings. The molecule has 1 atom stereocenters. The second-order valence-corrected chi connectivity index (χ2v) is 10.8. The summed E-state index contributed by atoms with van der Waals surface area (Å²) in [5.41, 5.74) is 2.23. The fraction of sp³-hybridized carbons (Fsp3) is 0.435. The van der Waals surface area contributed by atoms with Gasteiger partial charge in [0.25, 0.3) is 0 Å². The zero-order valence-electron chi connectivity index (χ0n) is 18.7. The van der Waals surface area contributed by atoms with E-state index >= 15 is 0 Å². The first-order valence-electron chi connectivity index (χ1n) is 11.2. The number of piperidine rings is 1. The van der Waals surface area contributed by atoms with Gasteiger partial charge in [0.1, 0.15) is 5.52 Å². The van der Waals surface area contributed by atoms with E-state index in [0.29, 0.717) is 43.0 Å². The van der Waals surface area contributed by atoms with Crippen LogP contribution in [0.15, 0.2) is 47.4 Å². The van der Waals surface area contributed by atoms with E-state index < -0.39 is 10.0 Å². The summed E-state index contributed by atoms with van der Waals surface area (Å²) in [6, 6.07) is 12.5. The summed E-state index contributed by atoms with van der Waals surface area (Å²) in [4.78, 5) is 12.8. The van der Waals surface area contributed by atoms with Gasteiger partial charge in [-0.15, -0.1) is 5.10 Å². The maximum atomic E-state index is 13.2. The van der Waals surface area contributed by atoms with Crippen molar-refractivity contribution in [3.8, 4) is 0 Å². The molecular weight excluding hydrogens is 462 g/mol. The highest BCUT2D eigenvalue weighted by molar-refractivity contribution is 7.89. The summed E-state index contributed by atoms with van der Waals surface area (Å²) in [5, 5.41) is 11.9. The third-order valence-electron chi connectivity index (χ3n) is 6.32. The predicted molar refractivity (Wildman–Crippen MR) is 127 cm³/mol. The minimum Gasteiger partial charge on any atom is -0.352 e. The van der Waals surface area contributed by atoms with Crippen LogP contribution < -0.4 is 5.32 Å². The van der Waals surface area contributed by atoms with Crippen molar-refractivity contribution in [3.05, 3.63) is 53.1 Å². The molecule has 1 N–H and O–H groups in total. The molecule has 2 aromatic carbocycles. The van der Waals surface area contributed by atoms with Crippen molar-refractivity contribution >= 4 is 38.6 Å². The van der Waals surface area contributed by atoms with Crippen LogP contribution >= 0.6 is 11.6 Å². The number of carbonyl (C=O) groups excluding carboxylic acids is 1. The Morgan fingerprint density at radius 3 is 2.64 bits per heavy atom. The van der Waals surface area contributed by atoms with Gasteiger partial charge in [-0.3, -0.25) is 4.79 Å². The molecule has 176 valence electrons. The Morgan fingerprint density at radius 1 is 1.21 bits per heavy atom. The number of aromatic nitrogens is 3. The summed E-state index contributed by atoms with van der Waals surface area (Å²) >= 11 is 6.15. The van der Waals surface area contributed by atoms with E-state index in [4.69, 9.17) is 11.6 Å². The van der Waals surface area contributed by atoms with E-state index in [1.165, 1.54) is 4.31 Å². The van der Waals surface area contributed by atoms with Crippen LogP contribution in [0.1, 0.15) is 44.7 Å². The highest BCUT2D eigenvalue weighted by Crippen LogP contribution is 2.27.